The smallest absolute Gasteiger partial charge is 0.300 e. The normalized spacial score (nSPS) is 12.0. The fraction of sp³-hybridized carbons (Fsp3) is 0.308. The quantitative estimate of drug-likeness (QED) is 0.428. The van der Waals surface area contributed by atoms with Crippen molar-refractivity contribution in [2.45, 2.75) is 40.5 Å². The van der Waals surface area contributed by atoms with Gasteiger partial charge in [-0.1, -0.05) is 13.0 Å². The zero-order chi connectivity index (χ0) is 24.2. The van der Waals surface area contributed by atoms with Crippen LogP contribution in [0.3, 0.4) is 0 Å². The highest BCUT2D eigenvalue weighted by molar-refractivity contribution is 5.91. The number of aromatic nitrogens is 4. The Labute approximate surface area is 198 Å². The van der Waals surface area contributed by atoms with Gasteiger partial charge in [0.15, 0.2) is 0 Å². The Hall–Kier alpha value is -3.94. The fourth-order valence-corrected chi connectivity index (χ4v) is 4.11. The van der Waals surface area contributed by atoms with Crippen molar-refractivity contribution < 1.29 is 9.53 Å². The maximum atomic E-state index is 13.0. The molecule has 2 aromatic carbocycles. The number of nitrogens with zero attached hydrogens (tertiary/aromatic N) is 4. The van der Waals surface area contributed by atoms with E-state index in [9.17, 15) is 9.59 Å². The largest absolute Gasteiger partial charge is 0.494 e. The summed E-state index contributed by atoms with van der Waals surface area (Å²) in [5.74, 6) is 1.37. The number of aryl methyl sites for hydroxylation is 2. The van der Waals surface area contributed by atoms with Gasteiger partial charge in [-0.05, 0) is 74.2 Å². The summed E-state index contributed by atoms with van der Waals surface area (Å²) in [6.45, 7) is 8.51. The van der Waals surface area contributed by atoms with Crippen LogP contribution >= 0.6 is 0 Å². The molecule has 0 saturated heterocycles. The van der Waals surface area contributed by atoms with Gasteiger partial charge in [-0.2, -0.15) is 0 Å². The van der Waals surface area contributed by atoms with Crippen LogP contribution in [0.25, 0.3) is 11.3 Å². The van der Waals surface area contributed by atoms with Gasteiger partial charge in [-0.25, -0.2) is 0 Å². The van der Waals surface area contributed by atoms with Crippen molar-refractivity contribution in [3.8, 4) is 11.4 Å². The van der Waals surface area contributed by atoms with Crippen LogP contribution in [0, 0.1) is 19.8 Å². The number of hydrogen-bond acceptors (Lipinski definition) is 5. The molecule has 2 heterocycles. The lowest BCUT2D eigenvalue weighted by Crippen LogP contribution is -2.21. The second kappa shape index (κ2) is 9.91. The topological polar surface area (TPSA) is 90.5 Å². The molecule has 34 heavy (non-hydrogen) atoms. The van der Waals surface area contributed by atoms with Gasteiger partial charge in [0.05, 0.1) is 6.61 Å². The second-order valence-electron chi connectivity index (χ2n) is 8.65. The Morgan fingerprint density at radius 1 is 1.06 bits per heavy atom. The van der Waals surface area contributed by atoms with E-state index >= 15 is 0 Å². The van der Waals surface area contributed by atoms with E-state index < -0.39 is 0 Å². The minimum atomic E-state index is -0.259. The lowest BCUT2D eigenvalue weighted by molar-refractivity contribution is -0.116. The molecule has 0 aliphatic heterocycles. The Morgan fingerprint density at radius 2 is 1.76 bits per heavy atom. The molecule has 0 radical (unpaired) electrons. The van der Waals surface area contributed by atoms with E-state index in [1.165, 1.54) is 4.57 Å². The monoisotopic (exact) mass is 459 g/mol. The maximum Gasteiger partial charge on any atom is 0.300 e. The van der Waals surface area contributed by atoms with Crippen LogP contribution in [0.15, 0.2) is 59.7 Å². The van der Waals surface area contributed by atoms with Crippen LogP contribution in [0.2, 0.25) is 0 Å². The number of hydrogen-bond donors (Lipinski definition) is 1. The number of benzene rings is 2. The lowest BCUT2D eigenvalue weighted by Gasteiger charge is -2.12. The maximum absolute atomic E-state index is 13.0. The first kappa shape index (κ1) is 23.2. The SMILES string of the molecule is CCOc1ccc(-n2ccn3c(C[C@@H](C)CC(=O)Nc4cc(C)cc(C)c4)nnc3c2=O)cc1. The van der Waals surface area contributed by atoms with Crippen LogP contribution in [-0.4, -0.2) is 31.7 Å². The van der Waals surface area contributed by atoms with Crippen LogP contribution in [-0.2, 0) is 11.2 Å². The van der Waals surface area contributed by atoms with Gasteiger partial charge in [-0.3, -0.25) is 18.6 Å². The molecule has 1 amide bonds. The first-order valence-electron chi connectivity index (χ1n) is 11.4. The molecule has 0 aliphatic carbocycles. The van der Waals surface area contributed by atoms with Crippen LogP contribution in [0.5, 0.6) is 5.75 Å². The summed E-state index contributed by atoms with van der Waals surface area (Å²) in [5.41, 5.74) is 3.72. The second-order valence-corrected chi connectivity index (χ2v) is 8.65. The molecule has 176 valence electrons. The molecular formula is C26H29N5O3. The van der Waals surface area contributed by atoms with Crippen molar-refractivity contribution >= 4 is 17.2 Å². The van der Waals surface area contributed by atoms with Crippen LogP contribution in [0.1, 0.15) is 37.2 Å². The molecule has 0 saturated carbocycles. The first-order valence-corrected chi connectivity index (χ1v) is 11.4. The van der Waals surface area contributed by atoms with Gasteiger partial charge in [0.2, 0.25) is 11.6 Å². The molecule has 0 spiro atoms. The molecule has 8 nitrogen and oxygen atoms in total. The van der Waals surface area contributed by atoms with Gasteiger partial charge in [0, 0.05) is 36.6 Å². The van der Waals surface area contributed by atoms with Crippen LogP contribution < -0.4 is 15.6 Å². The van der Waals surface area contributed by atoms with Crippen molar-refractivity contribution in [3.63, 3.8) is 0 Å². The predicted molar refractivity (Wildman–Crippen MR) is 132 cm³/mol. The summed E-state index contributed by atoms with van der Waals surface area (Å²) in [7, 11) is 0. The van der Waals surface area contributed by atoms with E-state index in [-0.39, 0.29) is 23.0 Å². The van der Waals surface area contributed by atoms with Crippen molar-refractivity contribution in [2.24, 2.45) is 5.92 Å². The summed E-state index contributed by atoms with van der Waals surface area (Å²) in [4.78, 5) is 25.6. The molecule has 4 aromatic rings. The van der Waals surface area contributed by atoms with Gasteiger partial charge >= 0.3 is 5.56 Å². The van der Waals surface area contributed by atoms with E-state index in [1.807, 2.05) is 64.1 Å². The van der Waals surface area contributed by atoms with Crippen LogP contribution in [0.4, 0.5) is 5.69 Å². The fourth-order valence-electron chi connectivity index (χ4n) is 4.11. The number of nitrogens with one attached hydrogen (secondary N) is 1. The Morgan fingerprint density at radius 3 is 2.44 bits per heavy atom. The van der Waals surface area contributed by atoms with E-state index in [0.717, 1.165) is 28.3 Å². The minimum Gasteiger partial charge on any atom is -0.494 e. The predicted octanol–water partition coefficient (Wildman–Crippen LogP) is 4.10. The van der Waals surface area contributed by atoms with E-state index in [4.69, 9.17) is 4.74 Å². The highest BCUT2D eigenvalue weighted by Gasteiger charge is 2.16. The van der Waals surface area contributed by atoms with E-state index in [2.05, 4.69) is 21.6 Å². The number of anilines is 1. The Balaban J connectivity index is 1.46. The summed E-state index contributed by atoms with van der Waals surface area (Å²) >= 11 is 0. The third-order valence-corrected chi connectivity index (χ3v) is 5.54. The van der Waals surface area contributed by atoms with Crippen molar-refractivity contribution in [2.75, 3.05) is 11.9 Å². The van der Waals surface area contributed by atoms with E-state index in [1.54, 1.807) is 16.8 Å². The summed E-state index contributed by atoms with van der Waals surface area (Å²) < 4.78 is 8.70. The lowest BCUT2D eigenvalue weighted by atomic mass is 10.0. The number of rotatable bonds is 8. The number of carbonyl (C=O) groups is 1. The molecule has 0 aliphatic rings. The third-order valence-electron chi connectivity index (χ3n) is 5.54. The number of fused-ring (bicyclic) bond motifs is 1. The Kier molecular flexibility index (Phi) is 6.77. The number of carbonyl (C=O) groups excluding carboxylic acids is 1. The van der Waals surface area contributed by atoms with E-state index in [0.29, 0.717) is 25.3 Å². The average Bonchev–Trinajstić information content (AvgIpc) is 3.17. The highest BCUT2D eigenvalue weighted by atomic mass is 16.5. The van der Waals surface area contributed by atoms with Gasteiger partial charge in [0.25, 0.3) is 0 Å². The third kappa shape index (κ3) is 5.17. The van der Waals surface area contributed by atoms with Gasteiger partial charge in [0.1, 0.15) is 11.6 Å². The molecule has 1 N–H and O–H groups in total. The molecule has 1 atom stereocenters. The molecular weight excluding hydrogens is 430 g/mol. The number of amides is 1. The summed E-state index contributed by atoms with van der Waals surface area (Å²) in [6.07, 6.45) is 4.35. The molecule has 4 rings (SSSR count). The highest BCUT2D eigenvalue weighted by Crippen LogP contribution is 2.17. The molecule has 2 aromatic heterocycles. The van der Waals surface area contributed by atoms with Crippen molar-refractivity contribution in [1.29, 1.82) is 0 Å². The number of ether oxygens (including phenoxy) is 1. The van der Waals surface area contributed by atoms with Gasteiger partial charge in [-0.15, -0.1) is 10.2 Å². The molecule has 0 unspecified atom stereocenters. The zero-order valence-corrected chi connectivity index (χ0v) is 19.9. The molecule has 0 fully saturated rings. The molecule has 0 bridgehead atoms. The standard InChI is InChI=1S/C26H29N5O3/c1-5-34-22-8-6-21(7-9-22)30-10-11-31-23(28-29-25(31)26(30)33)15-19(4)16-24(32)27-20-13-17(2)12-18(3)14-20/h6-14,19H,5,15-16H2,1-4H3,(H,27,32)/t19-/m1/s1. The minimum absolute atomic E-state index is 0.0202. The Bertz CT molecular complexity index is 1350. The first-order chi connectivity index (χ1) is 16.3. The van der Waals surface area contributed by atoms with Gasteiger partial charge < -0.3 is 10.1 Å². The van der Waals surface area contributed by atoms with Crippen molar-refractivity contribution in [1.82, 2.24) is 19.2 Å². The zero-order valence-electron chi connectivity index (χ0n) is 19.9. The van der Waals surface area contributed by atoms with Crippen molar-refractivity contribution in [3.05, 3.63) is 82.2 Å². The average molecular weight is 460 g/mol. The molecule has 8 heteroatoms. The summed E-state index contributed by atoms with van der Waals surface area (Å²) in [6, 6.07) is 13.3. The summed E-state index contributed by atoms with van der Waals surface area (Å²) in [5, 5.41) is 11.3.